The maximum absolute atomic E-state index is 4.30. The van der Waals surface area contributed by atoms with Crippen molar-refractivity contribution < 1.29 is 0 Å². The summed E-state index contributed by atoms with van der Waals surface area (Å²) in [7, 11) is -2.95. The molecule has 0 N–H and O–H groups in total. The summed E-state index contributed by atoms with van der Waals surface area (Å²) in [6.45, 7) is 0. The van der Waals surface area contributed by atoms with E-state index in [1.807, 2.05) is 12.4 Å². The van der Waals surface area contributed by atoms with Crippen LogP contribution in [0, 0.1) is 0 Å². The van der Waals surface area contributed by atoms with E-state index in [9.17, 15) is 0 Å². The molecule has 69 heavy (non-hydrogen) atoms. The number of para-hydroxylation sites is 2. The first-order valence-electron chi connectivity index (χ1n) is 23.9. The Morgan fingerprint density at radius 1 is 0.304 bits per heavy atom. The Morgan fingerprint density at radius 2 is 0.696 bits per heavy atom. The molecule has 1 atom stereocenters. The van der Waals surface area contributed by atoms with E-state index in [2.05, 4.69) is 264 Å². The number of hydrogen-bond acceptors (Lipinski definition) is 1. The standard InChI is InChI=1S/C66H44N2Si/c1-2-14-50(15-3-1)69(51-33-26-45(27-34-51)47-40-42-67-43-41-47,53-37-31-49(32-38-53)68-64-24-12-7-19-58(64)59-20-8-13-25-65(59)68)52-35-28-46(29-36-52)48-30-39-57-56-18-6-11-23-62(56)66(63(57)44-48)60-21-9-4-16-54(60)55-17-5-10-22-61(55)66/h1-44H. The highest BCUT2D eigenvalue weighted by molar-refractivity contribution is 7.19. The Hall–Kier alpha value is -8.63. The minimum absolute atomic E-state index is 0.391. The lowest BCUT2D eigenvalue weighted by Crippen LogP contribution is -2.74. The fourth-order valence-corrected chi connectivity index (χ4v) is 17.1. The largest absolute Gasteiger partial charge is 0.309 e. The first kappa shape index (κ1) is 39.5. The van der Waals surface area contributed by atoms with Gasteiger partial charge in [-0.05, 0) is 130 Å². The van der Waals surface area contributed by atoms with Crippen LogP contribution in [0.2, 0.25) is 0 Å². The van der Waals surface area contributed by atoms with Gasteiger partial charge >= 0.3 is 0 Å². The highest BCUT2D eigenvalue weighted by Crippen LogP contribution is 2.63. The van der Waals surface area contributed by atoms with E-state index in [0.717, 1.165) is 11.3 Å². The summed E-state index contributed by atoms with van der Waals surface area (Å²) < 4.78 is 2.42. The van der Waals surface area contributed by atoms with Crippen LogP contribution in [0.25, 0.3) is 72.0 Å². The van der Waals surface area contributed by atoms with Gasteiger partial charge in [0, 0.05) is 28.9 Å². The SMILES string of the molecule is c1ccc([Si](c2ccc(-c3ccncc3)cc2)(c2ccc(-c3ccc4c(c3)C3(c5ccccc5-c5ccccc53)c3ccccc3-4)cc2)c2ccc(-n3c4ccccc4c4ccccc43)cc2)cc1. The molecule has 2 aliphatic rings. The van der Waals surface area contributed by atoms with E-state index < -0.39 is 13.5 Å². The molecule has 0 saturated carbocycles. The lowest BCUT2D eigenvalue weighted by molar-refractivity contribution is 0.794. The van der Waals surface area contributed by atoms with E-state index in [-0.39, 0.29) is 0 Å². The van der Waals surface area contributed by atoms with Crippen molar-refractivity contribution in [2.45, 2.75) is 5.41 Å². The maximum atomic E-state index is 4.30. The number of hydrogen-bond donors (Lipinski definition) is 0. The van der Waals surface area contributed by atoms with Gasteiger partial charge in [0.2, 0.25) is 0 Å². The van der Waals surface area contributed by atoms with E-state index >= 15 is 0 Å². The lowest BCUT2D eigenvalue weighted by Gasteiger charge is -2.35. The van der Waals surface area contributed by atoms with Crippen LogP contribution in [0.5, 0.6) is 0 Å². The Kier molecular flexibility index (Phi) is 8.86. The van der Waals surface area contributed by atoms with Crippen LogP contribution in [0.3, 0.4) is 0 Å². The van der Waals surface area contributed by atoms with Gasteiger partial charge in [-0.2, -0.15) is 0 Å². The second-order valence-corrected chi connectivity index (χ2v) is 22.4. The van der Waals surface area contributed by atoms with Crippen LogP contribution in [-0.4, -0.2) is 17.6 Å². The second-order valence-electron chi connectivity index (χ2n) is 18.6. The monoisotopic (exact) mass is 892 g/mol. The normalized spacial score (nSPS) is 13.7. The molecule has 0 saturated heterocycles. The van der Waals surface area contributed by atoms with Gasteiger partial charge in [-0.15, -0.1) is 0 Å². The van der Waals surface area contributed by atoms with E-state index in [4.69, 9.17) is 0 Å². The van der Waals surface area contributed by atoms with Gasteiger partial charge in [-0.25, -0.2) is 0 Å². The molecular weight excluding hydrogens is 849 g/mol. The van der Waals surface area contributed by atoms with Gasteiger partial charge in [-0.3, -0.25) is 4.98 Å². The molecule has 1 unspecified atom stereocenters. The van der Waals surface area contributed by atoms with Crippen LogP contribution in [0.15, 0.2) is 267 Å². The zero-order valence-electron chi connectivity index (χ0n) is 37.8. The molecule has 14 rings (SSSR count). The Labute approximate surface area is 403 Å². The first-order chi connectivity index (χ1) is 34.2. The molecule has 2 aliphatic carbocycles. The van der Waals surface area contributed by atoms with Crippen molar-refractivity contribution in [3.05, 3.63) is 289 Å². The summed E-state index contributed by atoms with van der Waals surface area (Å²) in [5, 5.41) is 7.87. The molecule has 10 aromatic carbocycles. The molecule has 0 radical (unpaired) electrons. The number of nitrogens with zero attached hydrogens (tertiary/aromatic N) is 2. The van der Waals surface area contributed by atoms with Crippen LogP contribution < -0.4 is 20.7 Å². The topological polar surface area (TPSA) is 17.8 Å². The zero-order valence-corrected chi connectivity index (χ0v) is 38.8. The predicted octanol–water partition coefficient (Wildman–Crippen LogP) is 13.2. The molecule has 3 heteroatoms. The number of aromatic nitrogens is 2. The van der Waals surface area contributed by atoms with E-state index in [1.54, 1.807) is 0 Å². The fraction of sp³-hybridized carbons (Fsp3) is 0.0152. The van der Waals surface area contributed by atoms with Gasteiger partial charge in [0.15, 0.2) is 8.07 Å². The molecule has 0 bridgehead atoms. The van der Waals surface area contributed by atoms with Crippen molar-refractivity contribution in [3.63, 3.8) is 0 Å². The number of fused-ring (bicyclic) bond motifs is 13. The van der Waals surface area contributed by atoms with Gasteiger partial charge in [0.05, 0.1) is 16.4 Å². The molecule has 0 aliphatic heterocycles. The molecule has 2 nitrogen and oxygen atoms in total. The zero-order chi connectivity index (χ0) is 45.5. The second kappa shape index (κ2) is 15.5. The van der Waals surface area contributed by atoms with Gasteiger partial charge in [0.1, 0.15) is 0 Å². The van der Waals surface area contributed by atoms with Crippen molar-refractivity contribution >= 4 is 50.6 Å². The molecule has 2 aromatic heterocycles. The van der Waals surface area contributed by atoms with Crippen molar-refractivity contribution in [1.29, 1.82) is 0 Å². The third-order valence-corrected chi connectivity index (χ3v) is 20.1. The summed E-state index contributed by atoms with van der Waals surface area (Å²) in [5.41, 5.74) is 18.7. The average molecular weight is 893 g/mol. The lowest BCUT2D eigenvalue weighted by atomic mass is 9.70. The summed E-state index contributed by atoms with van der Waals surface area (Å²) in [6, 6.07) is 95.9. The van der Waals surface area contributed by atoms with Crippen LogP contribution in [-0.2, 0) is 5.41 Å². The molecule has 0 fully saturated rings. The quantitative estimate of drug-likeness (QED) is 0.115. The van der Waals surface area contributed by atoms with Crippen molar-refractivity contribution in [3.8, 4) is 50.2 Å². The van der Waals surface area contributed by atoms with Crippen LogP contribution >= 0.6 is 0 Å². The Bertz CT molecular complexity index is 3810. The van der Waals surface area contributed by atoms with Crippen molar-refractivity contribution in [2.75, 3.05) is 0 Å². The molecule has 0 amide bonds. The molecule has 12 aromatic rings. The first-order valence-corrected chi connectivity index (χ1v) is 25.9. The van der Waals surface area contributed by atoms with Crippen LogP contribution in [0.1, 0.15) is 22.3 Å². The van der Waals surface area contributed by atoms with E-state index in [1.165, 1.54) is 104 Å². The summed E-state index contributed by atoms with van der Waals surface area (Å²) in [4.78, 5) is 4.30. The summed E-state index contributed by atoms with van der Waals surface area (Å²) in [6.07, 6.45) is 3.75. The fourth-order valence-electron chi connectivity index (χ4n) is 12.4. The van der Waals surface area contributed by atoms with Crippen molar-refractivity contribution in [2.24, 2.45) is 0 Å². The highest BCUT2D eigenvalue weighted by atomic mass is 28.3. The third kappa shape index (κ3) is 5.69. The third-order valence-electron chi connectivity index (χ3n) is 15.3. The Morgan fingerprint density at radius 3 is 1.23 bits per heavy atom. The highest BCUT2D eigenvalue weighted by Gasteiger charge is 2.51. The molecule has 2 heterocycles. The molecule has 1 spiro atoms. The Balaban J connectivity index is 0.948. The minimum Gasteiger partial charge on any atom is -0.309 e. The molecular formula is C66H44N2Si. The van der Waals surface area contributed by atoms with Gasteiger partial charge in [-0.1, -0.05) is 212 Å². The average Bonchev–Trinajstić information content (AvgIpc) is 4.04. The van der Waals surface area contributed by atoms with E-state index in [0.29, 0.717) is 0 Å². The number of pyridine rings is 1. The summed E-state index contributed by atoms with van der Waals surface area (Å²) in [5.74, 6) is 0. The maximum Gasteiger partial charge on any atom is 0.179 e. The van der Waals surface area contributed by atoms with Crippen LogP contribution in [0.4, 0.5) is 0 Å². The van der Waals surface area contributed by atoms with Gasteiger partial charge in [0.25, 0.3) is 0 Å². The molecule has 322 valence electrons. The smallest absolute Gasteiger partial charge is 0.179 e. The predicted molar refractivity (Wildman–Crippen MR) is 289 cm³/mol. The minimum atomic E-state index is -2.95. The van der Waals surface area contributed by atoms with Crippen molar-refractivity contribution in [1.82, 2.24) is 9.55 Å². The summed E-state index contributed by atoms with van der Waals surface area (Å²) >= 11 is 0. The number of benzene rings is 10. The van der Waals surface area contributed by atoms with Gasteiger partial charge < -0.3 is 4.57 Å². The number of rotatable bonds is 7.